The number of hydrogen-bond acceptors (Lipinski definition) is 4. The van der Waals surface area contributed by atoms with Crippen LogP contribution in [-0.2, 0) is 0 Å². The summed E-state index contributed by atoms with van der Waals surface area (Å²) in [7, 11) is 0. The topological polar surface area (TPSA) is 28.2 Å². The summed E-state index contributed by atoms with van der Waals surface area (Å²) >= 11 is 2.04. The molecule has 1 saturated heterocycles. The average molecular weight is 293 g/mol. The van der Waals surface area contributed by atoms with Crippen LogP contribution >= 0.6 is 11.8 Å². The molecular formula is C16H27N3S. The van der Waals surface area contributed by atoms with Gasteiger partial charge in [-0.05, 0) is 49.8 Å². The van der Waals surface area contributed by atoms with Crippen molar-refractivity contribution in [3.05, 3.63) is 24.4 Å². The largest absolute Gasteiger partial charge is 0.357 e. The second-order valence-electron chi connectivity index (χ2n) is 5.50. The van der Waals surface area contributed by atoms with Gasteiger partial charge in [-0.1, -0.05) is 13.0 Å². The Kier molecular flexibility index (Phi) is 6.67. The smallest absolute Gasteiger partial charge is 0.128 e. The summed E-state index contributed by atoms with van der Waals surface area (Å²) in [4.78, 5) is 6.84. The summed E-state index contributed by atoms with van der Waals surface area (Å²) in [5.74, 6) is 3.63. The van der Waals surface area contributed by atoms with Crippen LogP contribution < -0.4 is 10.2 Å². The van der Waals surface area contributed by atoms with Gasteiger partial charge in [0, 0.05) is 31.4 Å². The Morgan fingerprint density at radius 1 is 1.40 bits per heavy atom. The molecule has 0 aliphatic carbocycles. The highest BCUT2D eigenvalue weighted by atomic mass is 32.2. The van der Waals surface area contributed by atoms with Crippen molar-refractivity contribution < 1.29 is 0 Å². The first kappa shape index (κ1) is 15.6. The minimum absolute atomic E-state index is 0.639. The van der Waals surface area contributed by atoms with Gasteiger partial charge in [0.2, 0.25) is 0 Å². The Labute approximate surface area is 127 Å². The number of nitrogens with one attached hydrogen (secondary N) is 1. The fourth-order valence-corrected chi connectivity index (χ4v) is 3.52. The molecule has 1 fully saturated rings. The van der Waals surface area contributed by atoms with E-state index in [2.05, 4.69) is 41.2 Å². The number of nitrogens with zero attached hydrogens (tertiary/aromatic N) is 2. The number of rotatable bonds is 7. The molecule has 112 valence electrons. The van der Waals surface area contributed by atoms with Gasteiger partial charge >= 0.3 is 0 Å². The van der Waals surface area contributed by atoms with E-state index in [-0.39, 0.29) is 0 Å². The van der Waals surface area contributed by atoms with Gasteiger partial charge in [-0.25, -0.2) is 4.98 Å². The lowest BCUT2D eigenvalue weighted by Gasteiger charge is -2.34. The minimum atomic E-state index is 0.639. The molecule has 1 N–H and O–H groups in total. The van der Waals surface area contributed by atoms with E-state index in [0.717, 1.165) is 18.9 Å². The Morgan fingerprint density at radius 2 is 2.20 bits per heavy atom. The van der Waals surface area contributed by atoms with Crippen molar-refractivity contribution in [2.24, 2.45) is 0 Å². The Morgan fingerprint density at radius 3 is 2.85 bits per heavy atom. The first-order chi connectivity index (χ1) is 9.79. The molecule has 2 rings (SSSR count). The monoisotopic (exact) mass is 293 g/mol. The lowest BCUT2D eigenvalue weighted by molar-refractivity contribution is 0.372. The van der Waals surface area contributed by atoms with E-state index in [1.807, 2.05) is 24.0 Å². The third-order valence-electron chi connectivity index (χ3n) is 3.89. The standard InChI is InChI=1S/C16H27N3S/c1-3-20-13-9-14(2)18-15-7-11-19(12-8-15)16-6-4-5-10-17-16/h4-6,10,14-15,18H,3,7-9,11-13H2,1-2H3. The summed E-state index contributed by atoms with van der Waals surface area (Å²) in [6.07, 6.45) is 5.61. The van der Waals surface area contributed by atoms with Crippen LogP contribution in [0.3, 0.4) is 0 Å². The molecule has 0 amide bonds. The first-order valence-electron chi connectivity index (χ1n) is 7.79. The van der Waals surface area contributed by atoms with Crippen LogP contribution in [0.1, 0.15) is 33.1 Å². The van der Waals surface area contributed by atoms with Crippen LogP contribution in [0.25, 0.3) is 0 Å². The number of aromatic nitrogens is 1. The molecule has 1 aromatic heterocycles. The van der Waals surface area contributed by atoms with E-state index >= 15 is 0 Å². The van der Waals surface area contributed by atoms with E-state index < -0.39 is 0 Å². The third kappa shape index (κ3) is 4.98. The summed E-state index contributed by atoms with van der Waals surface area (Å²) < 4.78 is 0. The Bertz CT molecular complexity index is 363. The molecule has 0 aromatic carbocycles. The summed E-state index contributed by atoms with van der Waals surface area (Å²) in [6, 6.07) is 7.48. The van der Waals surface area contributed by atoms with Crippen molar-refractivity contribution in [1.29, 1.82) is 0 Å². The number of piperidine rings is 1. The maximum Gasteiger partial charge on any atom is 0.128 e. The fraction of sp³-hybridized carbons (Fsp3) is 0.688. The normalized spacial score (nSPS) is 18.2. The highest BCUT2D eigenvalue weighted by Gasteiger charge is 2.20. The lowest BCUT2D eigenvalue weighted by Crippen LogP contribution is -2.45. The Balaban J connectivity index is 1.69. The van der Waals surface area contributed by atoms with Gasteiger partial charge in [0.15, 0.2) is 0 Å². The zero-order valence-corrected chi connectivity index (χ0v) is 13.5. The zero-order chi connectivity index (χ0) is 14.2. The lowest BCUT2D eigenvalue weighted by atomic mass is 10.0. The predicted octanol–water partition coefficient (Wildman–Crippen LogP) is 3.17. The van der Waals surface area contributed by atoms with Gasteiger partial charge in [0.1, 0.15) is 5.82 Å². The van der Waals surface area contributed by atoms with Gasteiger partial charge in [-0.2, -0.15) is 11.8 Å². The molecule has 0 radical (unpaired) electrons. The number of hydrogen-bond donors (Lipinski definition) is 1. The molecule has 4 heteroatoms. The van der Waals surface area contributed by atoms with Crippen LogP contribution in [0.4, 0.5) is 5.82 Å². The molecule has 1 atom stereocenters. The molecule has 2 heterocycles. The predicted molar refractivity (Wildman–Crippen MR) is 89.7 cm³/mol. The third-order valence-corrected chi connectivity index (χ3v) is 4.82. The van der Waals surface area contributed by atoms with Crippen molar-refractivity contribution in [3.8, 4) is 0 Å². The molecular weight excluding hydrogens is 266 g/mol. The van der Waals surface area contributed by atoms with E-state index in [9.17, 15) is 0 Å². The average Bonchev–Trinajstić information content (AvgIpc) is 2.49. The summed E-state index contributed by atoms with van der Waals surface area (Å²) in [5, 5.41) is 3.79. The van der Waals surface area contributed by atoms with E-state index in [1.165, 1.54) is 30.8 Å². The van der Waals surface area contributed by atoms with Crippen molar-refractivity contribution in [2.45, 2.75) is 45.2 Å². The van der Waals surface area contributed by atoms with Crippen molar-refractivity contribution in [3.63, 3.8) is 0 Å². The van der Waals surface area contributed by atoms with E-state index in [1.54, 1.807) is 0 Å². The van der Waals surface area contributed by atoms with Gasteiger partial charge in [0.25, 0.3) is 0 Å². The van der Waals surface area contributed by atoms with Gasteiger partial charge in [0.05, 0.1) is 0 Å². The molecule has 0 spiro atoms. The van der Waals surface area contributed by atoms with E-state index in [0.29, 0.717) is 12.1 Å². The number of thioether (sulfide) groups is 1. The van der Waals surface area contributed by atoms with Crippen LogP contribution in [0.15, 0.2) is 24.4 Å². The fourth-order valence-electron chi connectivity index (χ4n) is 2.71. The molecule has 1 unspecified atom stereocenters. The van der Waals surface area contributed by atoms with Crippen LogP contribution in [0, 0.1) is 0 Å². The van der Waals surface area contributed by atoms with Crippen LogP contribution in [0.5, 0.6) is 0 Å². The summed E-state index contributed by atoms with van der Waals surface area (Å²) in [6.45, 7) is 6.79. The second-order valence-corrected chi connectivity index (χ2v) is 6.90. The highest BCUT2D eigenvalue weighted by molar-refractivity contribution is 7.99. The maximum atomic E-state index is 4.44. The summed E-state index contributed by atoms with van der Waals surface area (Å²) in [5.41, 5.74) is 0. The highest BCUT2D eigenvalue weighted by Crippen LogP contribution is 2.18. The van der Waals surface area contributed by atoms with Crippen LogP contribution in [-0.4, -0.2) is 41.7 Å². The SMILES string of the molecule is CCSCCC(C)NC1CCN(c2ccccn2)CC1. The Hall–Kier alpha value is -0.740. The maximum absolute atomic E-state index is 4.44. The van der Waals surface area contributed by atoms with Gasteiger partial charge in [-0.15, -0.1) is 0 Å². The minimum Gasteiger partial charge on any atom is -0.357 e. The van der Waals surface area contributed by atoms with Gasteiger partial charge in [-0.3, -0.25) is 0 Å². The molecule has 0 saturated carbocycles. The molecule has 3 nitrogen and oxygen atoms in total. The molecule has 0 bridgehead atoms. The van der Waals surface area contributed by atoms with E-state index in [4.69, 9.17) is 0 Å². The van der Waals surface area contributed by atoms with Gasteiger partial charge < -0.3 is 10.2 Å². The van der Waals surface area contributed by atoms with Crippen LogP contribution in [0.2, 0.25) is 0 Å². The molecule has 1 aliphatic heterocycles. The molecule has 20 heavy (non-hydrogen) atoms. The van der Waals surface area contributed by atoms with Crippen molar-refractivity contribution >= 4 is 17.6 Å². The zero-order valence-electron chi connectivity index (χ0n) is 12.7. The molecule has 1 aliphatic rings. The number of anilines is 1. The van der Waals surface area contributed by atoms with Crippen molar-refractivity contribution in [1.82, 2.24) is 10.3 Å². The first-order valence-corrected chi connectivity index (χ1v) is 8.95. The quantitative estimate of drug-likeness (QED) is 0.782. The van der Waals surface area contributed by atoms with Crippen molar-refractivity contribution in [2.75, 3.05) is 29.5 Å². The number of pyridine rings is 1. The second kappa shape index (κ2) is 8.53. The molecule has 1 aromatic rings.